The highest BCUT2D eigenvalue weighted by Gasteiger charge is 2.28. The first kappa shape index (κ1) is 12.7. The Balaban J connectivity index is 1.76. The monoisotopic (exact) mass is 258 g/mol. The van der Waals surface area contributed by atoms with Gasteiger partial charge in [0.05, 0.1) is 6.10 Å². The number of ether oxygens (including phenoxy) is 1. The number of ketones is 1. The summed E-state index contributed by atoms with van der Waals surface area (Å²) in [7, 11) is 0. The fourth-order valence-electron chi connectivity index (χ4n) is 3.35. The van der Waals surface area contributed by atoms with E-state index >= 15 is 0 Å². The molecule has 1 aromatic rings. The standard InChI is InChI=1S/C17H22O2/c1-11-6-7-13(10-12(11)2)19-17-5-3-4-14-15(17)8-9-16(14)18/h3-5,11-13H,6-10H2,1-2H3. The maximum Gasteiger partial charge on any atom is 0.163 e. The summed E-state index contributed by atoms with van der Waals surface area (Å²) in [6, 6.07) is 5.91. The second-order valence-electron chi connectivity index (χ2n) is 6.21. The van der Waals surface area contributed by atoms with Crippen molar-refractivity contribution in [2.45, 2.75) is 52.1 Å². The topological polar surface area (TPSA) is 26.3 Å². The summed E-state index contributed by atoms with van der Waals surface area (Å²) in [5.41, 5.74) is 2.02. The molecule has 1 aromatic carbocycles. The Kier molecular flexibility index (Phi) is 3.34. The van der Waals surface area contributed by atoms with Crippen LogP contribution in [0, 0.1) is 11.8 Å². The highest BCUT2D eigenvalue weighted by atomic mass is 16.5. The van der Waals surface area contributed by atoms with Crippen molar-refractivity contribution in [1.82, 2.24) is 0 Å². The van der Waals surface area contributed by atoms with E-state index in [9.17, 15) is 4.79 Å². The van der Waals surface area contributed by atoms with Gasteiger partial charge in [0, 0.05) is 17.5 Å². The number of hydrogen-bond donors (Lipinski definition) is 0. The Bertz CT molecular complexity index is 492. The first-order valence-electron chi connectivity index (χ1n) is 7.47. The third-order valence-corrected chi connectivity index (χ3v) is 4.88. The summed E-state index contributed by atoms with van der Waals surface area (Å²) in [5.74, 6) is 2.77. The van der Waals surface area contributed by atoms with Crippen molar-refractivity contribution in [3.8, 4) is 5.75 Å². The van der Waals surface area contributed by atoms with Gasteiger partial charge >= 0.3 is 0 Å². The quantitative estimate of drug-likeness (QED) is 0.801. The van der Waals surface area contributed by atoms with Crippen LogP contribution in [0.1, 0.15) is 55.5 Å². The lowest BCUT2D eigenvalue weighted by Gasteiger charge is -2.32. The number of benzene rings is 1. The maximum atomic E-state index is 11.7. The molecule has 19 heavy (non-hydrogen) atoms. The van der Waals surface area contributed by atoms with Gasteiger partial charge in [0.1, 0.15) is 5.75 Å². The Labute approximate surface area is 115 Å². The van der Waals surface area contributed by atoms with E-state index < -0.39 is 0 Å². The van der Waals surface area contributed by atoms with Crippen molar-refractivity contribution in [2.75, 3.05) is 0 Å². The highest BCUT2D eigenvalue weighted by Crippen LogP contribution is 2.35. The Morgan fingerprint density at radius 2 is 1.95 bits per heavy atom. The van der Waals surface area contributed by atoms with E-state index in [0.29, 0.717) is 12.5 Å². The van der Waals surface area contributed by atoms with E-state index in [2.05, 4.69) is 13.8 Å². The molecule has 0 amide bonds. The average Bonchev–Trinajstić information content (AvgIpc) is 2.77. The van der Waals surface area contributed by atoms with E-state index in [0.717, 1.165) is 48.0 Å². The summed E-state index contributed by atoms with van der Waals surface area (Å²) >= 11 is 0. The first-order chi connectivity index (χ1) is 9.15. The van der Waals surface area contributed by atoms with Gasteiger partial charge in [-0.1, -0.05) is 26.0 Å². The molecule has 1 fully saturated rings. The van der Waals surface area contributed by atoms with Crippen molar-refractivity contribution >= 4 is 5.78 Å². The van der Waals surface area contributed by atoms with E-state index in [4.69, 9.17) is 4.74 Å². The van der Waals surface area contributed by atoms with Crippen LogP contribution in [-0.4, -0.2) is 11.9 Å². The number of carbonyl (C=O) groups is 1. The zero-order chi connectivity index (χ0) is 13.4. The Morgan fingerprint density at radius 1 is 1.11 bits per heavy atom. The maximum absolute atomic E-state index is 11.7. The predicted molar refractivity (Wildman–Crippen MR) is 75.7 cm³/mol. The van der Waals surface area contributed by atoms with Gasteiger partial charge in [-0.3, -0.25) is 4.79 Å². The van der Waals surface area contributed by atoms with Crippen LogP contribution in [0.3, 0.4) is 0 Å². The fourth-order valence-corrected chi connectivity index (χ4v) is 3.35. The third-order valence-electron chi connectivity index (χ3n) is 4.88. The van der Waals surface area contributed by atoms with Crippen molar-refractivity contribution in [3.05, 3.63) is 29.3 Å². The number of hydrogen-bond acceptors (Lipinski definition) is 2. The summed E-state index contributed by atoms with van der Waals surface area (Å²) in [6.45, 7) is 4.65. The molecule has 2 heteroatoms. The molecule has 102 valence electrons. The first-order valence-corrected chi connectivity index (χ1v) is 7.47. The molecule has 3 atom stereocenters. The number of fused-ring (bicyclic) bond motifs is 1. The molecule has 1 saturated carbocycles. The number of rotatable bonds is 2. The summed E-state index contributed by atoms with van der Waals surface area (Å²) in [6.07, 6.45) is 5.35. The molecule has 2 aliphatic carbocycles. The predicted octanol–water partition coefficient (Wildman–Crippen LogP) is 4.02. The summed E-state index contributed by atoms with van der Waals surface area (Å²) in [5, 5.41) is 0. The van der Waals surface area contributed by atoms with Crippen LogP contribution < -0.4 is 4.74 Å². The van der Waals surface area contributed by atoms with Crippen LogP contribution in [0.2, 0.25) is 0 Å². The van der Waals surface area contributed by atoms with Crippen LogP contribution >= 0.6 is 0 Å². The molecule has 0 N–H and O–H groups in total. The van der Waals surface area contributed by atoms with E-state index in [1.165, 1.54) is 6.42 Å². The van der Waals surface area contributed by atoms with Crippen LogP contribution in [0.4, 0.5) is 0 Å². The Morgan fingerprint density at radius 3 is 2.74 bits per heavy atom. The van der Waals surface area contributed by atoms with Crippen LogP contribution in [0.25, 0.3) is 0 Å². The molecule has 0 heterocycles. The van der Waals surface area contributed by atoms with Gasteiger partial charge in [0.15, 0.2) is 5.78 Å². The van der Waals surface area contributed by atoms with Gasteiger partial charge in [-0.2, -0.15) is 0 Å². The lowest BCUT2D eigenvalue weighted by atomic mass is 9.80. The molecular formula is C17H22O2. The zero-order valence-electron chi connectivity index (χ0n) is 11.8. The van der Waals surface area contributed by atoms with Crippen molar-refractivity contribution in [3.63, 3.8) is 0 Å². The fraction of sp³-hybridized carbons (Fsp3) is 0.588. The second kappa shape index (κ2) is 4.99. The van der Waals surface area contributed by atoms with Crippen molar-refractivity contribution in [2.24, 2.45) is 11.8 Å². The minimum Gasteiger partial charge on any atom is -0.490 e. The van der Waals surface area contributed by atoms with Gasteiger partial charge in [-0.25, -0.2) is 0 Å². The smallest absolute Gasteiger partial charge is 0.163 e. The minimum absolute atomic E-state index is 0.270. The van der Waals surface area contributed by atoms with Crippen LogP contribution in [0.15, 0.2) is 18.2 Å². The molecule has 0 aromatic heterocycles. The molecular weight excluding hydrogens is 236 g/mol. The summed E-state index contributed by atoms with van der Waals surface area (Å²) in [4.78, 5) is 11.7. The molecule has 0 aliphatic heterocycles. The largest absolute Gasteiger partial charge is 0.490 e. The lowest BCUT2D eigenvalue weighted by molar-refractivity contribution is 0.0987. The highest BCUT2D eigenvalue weighted by molar-refractivity contribution is 6.01. The van der Waals surface area contributed by atoms with Crippen LogP contribution in [0.5, 0.6) is 5.75 Å². The molecule has 2 nitrogen and oxygen atoms in total. The molecule has 0 spiro atoms. The van der Waals surface area contributed by atoms with Gasteiger partial charge in [-0.05, 0) is 43.6 Å². The van der Waals surface area contributed by atoms with Crippen LogP contribution in [-0.2, 0) is 6.42 Å². The normalized spacial score (nSPS) is 30.2. The van der Waals surface area contributed by atoms with Gasteiger partial charge < -0.3 is 4.74 Å². The van der Waals surface area contributed by atoms with E-state index in [1.807, 2.05) is 18.2 Å². The third kappa shape index (κ3) is 2.41. The average molecular weight is 258 g/mol. The zero-order valence-corrected chi connectivity index (χ0v) is 11.8. The molecule has 3 rings (SSSR count). The van der Waals surface area contributed by atoms with Gasteiger partial charge in [0.2, 0.25) is 0 Å². The molecule has 0 saturated heterocycles. The van der Waals surface area contributed by atoms with Gasteiger partial charge in [-0.15, -0.1) is 0 Å². The Hall–Kier alpha value is -1.31. The molecule has 0 bridgehead atoms. The number of carbonyl (C=O) groups excluding carboxylic acids is 1. The minimum atomic E-state index is 0.270. The van der Waals surface area contributed by atoms with E-state index in [-0.39, 0.29) is 5.78 Å². The molecule has 3 unspecified atom stereocenters. The molecule has 0 radical (unpaired) electrons. The van der Waals surface area contributed by atoms with Gasteiger partial charge in [0.25, 0.3) is 0 Å². The van der Waals surface area contributed by atoms with E-state index in [1.54, 1.807) is 0 Å². The SMILES string of the molecule is CC1CCC(Oc2cccc3c2CCC3=O)CC1C. The molecule has 2 aliphatic rings. The van der Waals surface area contributed by atoms with Crippen molar-refractivity contribution < 1.29 is 9.53 Å². The number of Topliss-reactive ketones (excluding diaryl/α,β-unsaturated/α-hetero) is 1. The lowest BCUT2D eigenvalue weighted by Crippen LogP contribution is -2.29. The second-order valence-corrected chi connectivity index (χ2v) is 6.21. The van der Waals surface area contributed by atoms with Crippen molar-refractivity contribution in [1.29, 1.82) is 0 Å². The summed E-state index contributed by atoms with van der Waals surface area (Å²) < 4.78 is 6.21.